The lowest BCUT2D eigenvalue weighted by Crippen LogP contribution is -2.50. The van der Waals surface area contributed by atoms with Gasteiger partial charge in [0.05, 0.1) is 0 Å². The molecule has 2 heteroatoms. The molecular formula is C21H30O2. The van der Waals surface area contributed by atoms with Crippen molar-refractivity contribution in [3.05, 3.63) is 34.9 Å². The van der Waals surface area contributed by atoms with E-state index < -0.39 is 0 Å². The van der Waals surface area contributed by atoms with Crippen LogP contribution in [0.15, 0.2) is 23.8 Å². The van der Waals surface area contributed by atoms with Crippen molar-refractivity contribution in [3.8, 4) is 11.5 Å². The monoisotopic (exact) mass is 314 g/mol. The molecule has 3 unspecified atom stereocenters. The molecule has 2 nitrogen and oxygen atoms in total. The maximum absolute atomic E-state index is 10.6. The van der Waals surface area contributed by atoms with Gasteiger partial charge in [0.15, 0.2) is 0 Å². The Morgan fingerprint density at radius 1 is 1.13 bits per heavy atom. The van der Waals surface area contributed by atoms with E-state index in [9.17, 15) is 10.2 Å². The normalized spacial score (nSPS) is 28.2. The number of benzene rings is 1. The van der Waals surface area contributed by atoms with Crippen molar-refractivity contribution >= 4 is 0 Å². The molecule has 1 saturated carbocycles. The van der Waals surface area contributed by atoms with Gasteiger partial charge in [-0.15, -0.1) is 0 Å². The number of unbranched alkanes of at least 4 members (excludes halogenated alkanes) is 2. The van der Waals surface area contributed by atoms with E-state index in [0.29, 0.717) is 11.8 Å². The second-order valence-corrected chi connectivity index (χ2v) is 8.16. The Morgan fingerprint density at radius 3 is 2.30 bits per heavy atom. The molecule has 0 aromatic heterocycles. The number of aryl methyl sites for hydroxylation is 1. The van der Waals surface area contributed by atoms with Crippen LogP contribution in [0.5, 0.6) is 11.5 Å². The maximum Gasteiger partial charge on any atom is 0.123 e. The third-order valence-electron chi connectivity index (χ3n) is 6.37. The minimum atomic E-state index is 0.139. The van der Waals surface area contributed by atoms with Crippen LogP contribution in [0.1, 0.15) is 70.4 Å². The largest absolute Gasteiger partial charge is 0.507 e. The molecule has 1 aromatic carbocycles. The first-order chi connectivity index (χ1) is 10.9. The smallest absolute Gasteiger partial charge is 0.123 e. The van der Waals surface area contributed by atoms with Gasteiger partial charge in [0.25, 0.3) is 0 Å². The molecule has 2 N–H and O–H groups in total. The number of hydrogen-bond donors (Lipinski definition) is 2. The SMILES string of the molecule is CCCCCc1cc(O)c(C2C=C(C)C3CC2C3(C)C)c(O)c1. The lowest BCUT2D eigenvalue weighted by Gasteiger charge is -2.59. The van der Waals surface area contributed by atoms with E-state index in [0.717, 1.165) is 24.0 Å². The first-order valence-corrected chi connectivity index (χ1v) is 9.09. The van der Waals surface area contributed by atoms with E-state index in [4.69, 9.17) is 0 Å². The maximum atomic E-state index is 10.6. The number of aromatic hydroxyl groups is 2. The molecule has 0 heterocycles. The summed E-state index contributed by atoms with van der Waals surface area (Å²) in [4.78, 5) is 0. The minimum absolute atomic E-state index is 0.139. The van der Waals surface area contributed by atoms with E-state index >= 15 is 0 Å². The van der Waals surface area contributed by atoms with Gasteiger partial charge in [0.2, 0.25) is 0 Å². The Bertz CT molecular complexity index is 604. The van der Waals surface area contributed by atoms with Gasteiger partial charge in [-0.05, 0) is 61.1 Å². The van der Waals surface area contributed by atoms with Gasteiger partial charge in [-0.2, -0.15) is 0 Å². The molecule has 0 spiro atoms. The standard InChI is InChI=1S/C21H30O2/c1-5-6-7-8-14-10-18(22)20(19(23)11-14)15-9-13(2)16-12-17(15)21(16,3)4/h9-11,15-17,22-23H,5-8,12H2,1-4H3. The van der Waals surface area contributed by atoms with Crippen LogP contribution in [-0.2, 0) is 6.42 Å². The zero-order valence-corrected chi connectivity index (χ0v) is 14.9. The van der Waals surface area contributed by atoms with Crippen LogP contribution in [0.3, 0.4) is 0 Å². The molecule has 23 heavy (non-hydrogen) atoms. The summed E-state index contributed by atoms with van der Waals surface area (Å²) in [5.41, 5.74) is 3.45. The van der Waals surface area contributed by atoms with E-state index in [-0.39, 0.29) is 22.8 Å². The number of phenols is 2. The summed E-state index contributed by atoms with van der Waals surface area (Å²) in [5, 5.41) is 21.2. The summed E-state index contributed by atoms with van der Waals surface area (Å²) in [5.74, 6) is 1.86. The second kappa shape index (κ2) is 5.89. The number of allylic oxidation sites excluding steroid dienone is 2. The van der Waals surface area contributed by atoms with Crippen LogP contribution in [0.4, 0.5) is 0 Å². The molecule has 0 amide bonds. The highest BCUT2D eigenvalue weighted by Gasteiger charge is 2.55. The number of rotatable bonds is 5. The zero-order valence-electron chi connectivity index (χ0n) is 14.9. The van der Waals surface area contributed by atoms with Crippen molar-refractivity contribution in [3.63, 3.8) is 0 Å². The van der Waals surface area contributed by atoms with Gasteiger partial charge >= 0.3 is 0 Å². The minimum Gasteiger partial charge on any atom is -0.507 e. The first kappa shape index (κ1) is 16.4. The van der Waals surface area contributed by atoms with Crippen LogP contribution in [0.2, 0.25) is 0 Å². The summed E-state index contributed by atoms with van der Waals surface area (Å²) in [6.07, 6.45) is 7.85. The lowest BCUT2D eigenvalue weighted by molar-refractivity contribution is -0.0198. The molecule has 0 aliphatic heterocycles. The molecule has 2 bridgehead atoms. The van der Waals surface area contributed by atoms with Crippen molar-refractivity contribution in [2.75, 3.05) is 0 Å². The molecule has 0 saturated heterocycles. The van der Waals surface area contributed by atoms with Gasteiger partial charge in [-0.25, -0.2) is 0 Å². The van der Waals surface area contributed by atoms with Crippen molar-refractivity contribution in [2.24, 2.45) is 17.3 Å². The molecule has 4 rings (SSSR count). The van der Waals surface area contributed by atoms with Crippen LogP contribution in [0.25, 0.3) is 0 Å². The summed E-state index contributed by atoms with van der Waals surface area (Å²) in [6.45, 7) is 9.02. The Hall–Kier alpha value is -1.44. The predicted octanol–water partition coefficient (Wildman–Crippen LogP) is 5.54. The summed E-state index contributed by atoms with van der Waals surface area (Å²) in [6, 6.07) is 3.73. The van der Waals surface area contributed by atoms with Gasteiger partial charge in [0, 0.05) is 11.5 Å². The van der Waals surface area contributed by atoms with Crippen molar-refractivity contribution in [1.29, 1.82) is 0 Å². The molecule has 1 fully saturated rings. The fraction of sp³-hybridized carbons (Fsp3) is 0.619. The van der Waals surface area contributed by atoms with E-state index in [1.165, 1.54) is 24.8 Å². The average Bonchev–Trinajstić information content (AvgIpc) is 2.45. The Balaban J connectivity index is 1.90. The fourth-order valence-electron chi connectivity index (χ4n) is 4.89. The van der Waals surface area contributed by atoms with E-state index in [2.05, 4.69) is 33.8 Å². The highest BCUT2D eigenvalue weighted by Crippen LogP contribution is 2.64. The van der Waals surface area contributed by atoms with Crippen molar-refractivity contribution in [1.82, 2.24) is 0 Å². The summed E-state index contributed by atoms with van der Waals surface area (Å²) in [7, 11) is 0. The number of fused-ring (bicyclic) bond motifs is 1. The predicted molar refractivity (Wildman–Crippen MR) is 94.9 cm³/mol. The second-order valence-electron chi connectivity index (χ2n) is 8.16. The van der Waals surface area contributed by atoms with Crippen molar-refractivity contribution < 1.29 is 10.2 Å². The van der Waals surface area contributed by atoms with Crippen LogP contribution >= 0.6 is 0 Å². The van der Waals surface area contributed by atoms with E-state index in [1.807, 2.05) is 12.1 Å². The summed E-state index contributed by atoms with van der Waals surface area (Å²) < 4.78 is 0. The fourth-order valence-corrected chi connectivity index (χ4v) is 4.89. The van der Waals surface area contributed by atoms with Crippen LogP contribution in [0, 0.1) is 17.3 Å². The topological polar surface area (TPSA) is 40.5 Å². The van der Waals surface area contributed by atoms with E-state index in [1.54, 1.807) is 0 Å². The van der Waals surface area contributed by atoms with Gasteiger partial charge in [-0.3, -0.25) is 0 Å². The number of phenolic OH excluding ortho intramolecular Hbond substituents is 2. The Kier molecular flexibility index (Phi) is 4.20. The molecule has 3 aliphatic carbocycles. The van der Waals surface area contributed by atoms with Gasteiger partial charge in [0.1, 0.15) is 11.5 Å². The third-order valence-corrected chi connectivity index (χ3v) is 6.37. The molecule has 126 valence electrons. The Labute approximate surface area is 140 Å². The summed E-state index contributed by atoms with van der Waals surface area (Å²) >= 11 is 0. The van der Waals surface area contributed by atoms with Gasteiger partial charge in [-0.1, -0.05) is 45.3 Å². The average molecular weight is 314 g/mol. The third kappa shape index (κ3) is 2.66. The molecule has 0 radical (unpaired) electrons. The quantitative estimate of drug-likeness (QED) is 0.553. The van der Waals surface area contributed by atoms with Crippen LogP contribution < -0.4 is 0 Å². The highest BCUT2D eigenvalue weighted by atomic mass is 16.3. The zero-order chi connectivity index (χ0) is 16.8. The Morgan fingerprint density at radius 2 is 1.78 bits per heavy atom. The molecule has 1 aromatic rings. The van der Waals surface area contributed by atoms with Gasteiger partial charge < -0.3 is 10.2 Å². The highest BCUT2D eigenvalue weighted by molar-refractivity contribution is 5.52. The van der Waals surface area contributed by atoms with Crippen molar-refractivity contribution in [2.45, 2.75) is 65.7 Å². The first-order valence-electron chi connectivity index (χ1n) is 9.09. The number of hydrogen-bond acceptors (Lipinski definition) is 2. The molecular weight excluding hydrogens is 284 g/mol. The lowest BCUT2D eigenvalue weighted by atomic mass is 9.45. The molecule has 3 atom stereocenters. The molecule has 3 aliphatic rings. The van der Waals surface area contributed by atoms with Crippen LogP contribution in [-0.4, -0.2) is 10.2 Å².